The summed E-state index contributed by atoms with van der Waals surface area (Å²) in [5.41, 5.74) is 1.21. The molecule has 0 aliphatic rings. The zero-order chi connectivity index (χ0) is 17.4. The average molecular weight is 347 g/mol. The van der Waals surface area contributed by atoms with E-state index in [0.29, 0.717) is 6.54 Å². The fourth-order valence-corrected chi connectivity index (χ4v) is 3.06. The normalized spacial score (nSPS) is 11.4. The molecule has 1 aromatic heterocycles. The maximum Gasteiger partial charge on any atom is 0.194 e. The van der Waals surface area contributed by atoms with Gasteiger partial charge in [0.15, 0.2) is 5.96 Å². The summed E-state index contributed by atoms with van der Waals surface area (Å²) in [6, 6.07) is 8.12. The Kier molecular flexibility index (Phi) is 7.06. The van der Waals surface area contributed by atoms with Crippen LogP contribution in [0.15, 0.2) is 35.5 Å². The van der Waals surface area contributed by atoms with Crippen LogP contribution in [-0.4, -0.2) is 36.5 Å². The van der Waals surface area contributed by atoms with E-state index in [9.17, 15) is 0 Å². The monoisotopic (exact) mass is 346 g/mol. The SMILES string of the molecule is CCNC(=NCc1ncc(CC)s1)N(C)Cc1ccc(OC)cc1. The first-order valence-corrected chi connectivity index (χ1v) is 9.03. The molecule has 0 amide bonds. The minimum atomic E-state index is 0.611. The second-order valence-corrected chi connectivity index (χ2v) is 6.65. The fourth-order valence-electron chi connectivity index (χ4n) is 2.28. The Labute approximate surface area is 148 Å². The summed E-state index contributed by atoms with van der Waals surface area (Å²) in [4.78, 5) is 12.6. The number of aliphatic imine (C=N–C) groups is 1. The number of ether oxygens (including phenoxy) is 1. The highest BCUT2D eigenvalue weighted by Crippen LogP contribution is 2.15. The first kappa shape index (κ1) is 18.3. The van der Waals surface area contributed by atoms with Crippen LogP contribution in [0.25, 0.3) is 0 Å². The van der Waals surface area contributed by atoms with Crippen LogP contribution >= 0.6 is 11.3 Å². The summed E-state index contributed by atoms with van der Waals surface area (Å²) < 4.78 is 5.20. The molecule has 5 nitrogen and oxygen atoms in total. The van der Waals surface area contributed by atoms with Crippen LogP contribution in [0.2, 0.25) is 0 Å². The molecule has 130 valence electrons. The van der Waals surface area contributed by atoms with E-state index in [1.807, 2.05) is 25.4 Å². The lowest BCUT2D eigenvalue weighted by Gasteiger charge is -2.22. The Morgan fingerprint density at radius 3 is 2.62 bits per heavy atom. The molecule has 2 aromatic rings. The first-order valence-electron chi connectivity index (χ1n) is 8.22. The third kappa shape index (κ3) is 5.23. The zero-order valence-corrected chi connectivity index (χ0v) is 15.7. The number of aromatic nitrogens is 1. The summed E-state index contributed by atoms with van der Waals surface area (Å²) in [7, 11) is 3.73. The molecule has 0 spiro atoms. The van der Waals surface area contributed by atoms with Crippen molar-refractivity contribution < 1.29 is 4.74 Å². The first-order chi connectivity index (χ1) is 11.7. The summed E-state index contributed by atoms with van der Waals surface area (Å²) in [5.74, 6) is 1.76. The van der Waals surface area contributed by atoms with Gasteiger partial charge in [0.2, 0.25) is 0 Å². The van der Waals surface area contributed by atoms with Gasteiger partial charge in [0.25, 0.3) is 0 Å². The van der Waals surface area contributed by atoms with Crippen molar-refractivity contribution in [3.8, 4) is 5.75 Å². The number of hydrogen-bond donors (Lipinski definition) is 1. The average Bonchev–Trinajstić information content (AvgIpc) is 3.07. The number of methoxy groups -OCH3 is 1. The van der Waals surface area contributed by atoms with Crippen LogP contribution < -0.4 is 10.1 Å². The van der Waals surface area contributed by atoms with Crippen molar-refractivity contribution in [3.63, 3.8) is 0 Å². The molecule has 2 rings (SSSR count). The molecule has 0 bridgehead atoms. The highest BCUT2D eigenvalue weighted by atomic mass is 32.1. The predicted octanol–water partition coefficient (Wildman–Crippen LogP) is 3.31. The van der Waals surface area contributed by atoms with Gasteiger partial charge in [-0.15, -0.1) is 11.3 Å². The Balaban J connectivity index is 2.02. The Morgan fingerprint density at radius 2 is 2.04 bits per heavy atom. The summed E-state index contributed by atoms with van der Waals surface area (Å²) >= 11 is 1.73. The molecule has 0 fully saturated rings. The number of rotatable bonds is 7. The molecule has 1 N–H and O–H groups in total. The standard InChI is InChI=1S/C18H26N4OS/c1-5-16-11-20-17(24-16)12-21-18(19-6-2)22(3)13-14-7-9-15(23-4)10-8-14/h7-11H,5-6,12-13H2,1-4H3,(H,19,21). The number of thiazole rings is 1. The molecule has 0 saturated carbocycles. The topological polar surface area (TPSA) is 49.8 Å². The molecular weight excluding hydrogens is 320 g/mol. The van der Waals surface area contributed by atoms with Crippen molar-refractivity contribution in [1.82, 2.24) is 15.2 Å². The van der Waals surface area contributed by atoms with Crippen molar-refractivity contribution in [2.24, 2.45) is 4.99 Å². The molecular formula is C18H26N4OS. The van der Waals surface area contributed by atoms with E-state index >= 15 is 0 Å². The van der Waals surface area contributed by atoms with Gasteiger partial charge in [-0.3, -0.25) is 0 Å². The molecule has 1 heterocycles. The zero-order valence-electron chi connectivity index (χ0n) is 14.9. The van der Waals surface area contributed by atoms with E-state index in [2.05, 4.69) is 41.2 Å². The van der Waals surface area contributed by atoms with E-state index in [4.69, 9.17) is 9.73 Å². The Morgan fingerprint density at radius 1 is 1.29 bits per heavy atom. The van der Waals surface area contributed by atoms with Crippen molar-refractivity contribution in [2.45, 2.75) is 33.4 Å². The van der Waals surface area contributed by atoms with E-state index in [0.717, 1.165) is 36.2 Å². The van der Waals surface area contributed by atoms with E-state index < -0.39 is 0 Å². The highest BCUT2D eigenvalue weighted by molar-refractivity contribution is 7.11. The quantitative estimate of drug-likeness (QED) is 0.617. The van der Waals surface area contributed by atoms with Crippen LogP contribution in [0.5, 0.6) is 5.75 Å². The van der Waals surface area contributed by atoms with Gasteiger partial charge in [0, 0.05) is 31.2 Å². The minimum absolute atomic E-state index is 0.611. The van der Waals surface area contributed by atoms with Gasteiger partial charge in [-0.2, -0.15) is 0 Å². The van der Waals surface area contributed by atoms with Crippen LogP contribution in [0.1, 0.15) is 29.3 Å². The van der Waals surface area contributed by atoms with Gasteiger partial charge in [0.1, 0.15) is 10.8 Å². The molecule has 0 aliphatic heterocycles. The van der Waals surface area contributed by atoms with Gasteiger partial charge in [-0.05, 0) is 31.0 Å². The van der Waals surface area contributed by atoms with E-state index in [1.54, 1.807) is 18.4 Å². The van der Waals surface area contributed by atoms with Crippen LogP contribution in [0.4, 0.5) is 0 Å². The highest BCUT2D eigenvalue weighted by Gasteiger charge is 2.08. The molecule has 0 unspecified atom stereocenters. The Hall–Kier alpha value is -2.08. The van der Waals surface area contributed by atoms with Crippen molar-refractivity contribution in [3.05, 3.63) is 45.9 Å². The van der Waals surface area contributed by atoms with Gasteiger partial charge >= 0.3 is 0 Å². The number of nitrogens with zero attached hydrogens (tertiary/aromatic N) is 3. The molecule has 6 heteroatoms. The lowest BCUT2D eigenvalue weighted by atomic mass is 10.2. The molecule has 1 aromatic carbocycles. The Bertz CT molecular complexity index is 651. The fraction of sp³-hybridized carbons (Fsp3) is 0.444. The lowest BCUT2D eigenvalue weighted by molar-refractivity contribution is 0.414. The van der Waals surface area contributed by atoms with Crippen LogP contribution in [0.3, 0.4) is 0 Å². The second kappa shape index (κ2) is 9.27. The van der Waals surface area contributed by atoms with E-state index in [1.165, 1.54) is 10.4 Å². The molecule has 0 saturated heterocycles. The molecule has 0 atom stereocenters. The van der Waals surface area contributed by atoms with E-state index in [-0.39, 0.29) is 0 Å². The third-order valence-corrected chi connectivity index (χ3v) is 4.72. The largest absolute Gasteiger partial charge is 0.497 e. The molecule has 0 aliphatic carbocycles. The molecule has 0 radical (unpaired) electrons. The van der Waals surface area contributed by atoms with Crippen LogP contribution in [-0.2, 0) is 19.5 Å². The lowest BCUT2D eigenvalue weighted by Crippen LogP contribution is -2.38. The smallest absolute Gasteiger partial charge is 0.194 e. The maximum atomic E-state index is 5.20. The van der Waals surface area contributed by atoms with Crippen molar-refractivity contribution in [1.29, 1.82) is 0 Å². The number of hydrogen-bond acceptors (Lipinski definition) is 4. The van der Waals surface area contributed by atoms with Gasteiger partial charge in [-0.1, -0.05) is 19.1 Å². The minimum Gasteiger partial charge on any atom is -0.497 e. The predicted molar refractivity (Wildman–Crippen MR) is 101 cm³/mol. The van der Waals surface area contributed by atoms with Crippen molar-refractivity contribution >= 4 is 17.3 Å². The van der Waals surface area contributed by atoms with Gasteiger partial charge in [-0.25, -0.2) is 9.98 Å². The maximum absolute atomic E-state index is 5.20. The molecule has 24 heavy (non-hydrogen) atoms. The van der Waals surface area contributed by atoms with Gasteiger partial charge < -0.3 is 15.0 Å². The summed E-state index contributed by atoms with van der Waals surface area (Å²) in [5, 5.41) is 4.40. The number of nitrogens with one attached hydrogen (secondary N) is 1. The third-order valence-electron chi connectivity index (χ3n) is 3.59. The summed E-state index contributed by atoms with van der Waals surface area (Å²) in [6.45, 7) is 6.46. The number of guanidine groups is 1. The number of benzene rings is 1. The van der Waals surface area contributed by atoms with Crippen LogP contribution in [0, 0.1) is 0 Å². The second-order valence-electron chi connectivity index (χ2n) is 5.45. The summed E-state index contributed by atoms with van der Waals surface area (Å²) in [6.07, 6.45) is 2.97. The number of aryl methyl sites for hydroxylation is 1. The van der Waals surface area contributed by atoms with Crippen molar-refractivity contribution in [2.75, 3.05) is 20.7 Å². The van der Waals surface area contributed by atoms with Gasteiger partial charge in [0.05, 0.1) is 13.7 Å².